The van der Waals surface area contributed by atoms with E-state index in [1.807, 2.05) is 24.3 Å². The minimum atomic E-state index is -0.352. The Morgan fingerprint density at radius 2 is 2.00 bits per heavy atom. The Labute approximate surface area is 184 Å². The van der Waals surface area contributed by atoms with E-state index in [0.717, 1.165) is 11.1 Å². The number of ether oxygens (including phenoxy) is 3. The number of benzene rings is 1. The summed E-state index contributed by atoms with van der Waals surface area (Å²) in [6.07, 6.45) is 0.230. The van der Waals surface area contributed by atoms with Gasteiger partial charge in [0.15, 0.2) is 11.5 Å². The molecule has 0 saturated heterocycles. The average molecular weight is 444 g/mol. The maximum Gasteiger partial charge on any atom is 0.328 e. The van der Waals surface area contributed by atoms with E-state index in [9.17, 15) is 9.59 Å². The van der Waals surface area contributed by atoms with E-state index in [1.54, 1.807) is 21.1 Å². The van der Waals surface area contributed by atoms with Gasteiger partial charge in [-0.25, -0.2) is 4.79 Å². The summed E-state index contributed by atoms with van der Waals surface area (Å²) in [5.74, 6) is -0.133. The fourth-order valence-corrected chi connectivity index (χ4v) is 3.27. The first-order chi connectivity index (χ1) is 15.5. The van der Waals surface area contributed by atoms with Gasteiger partial charge in [0.2, 0.25) is 0 Å². The van der Waals surface area contributed by atoms with Crippen LogP contribution in [0.3, 0.4) is 0 Å². The minimum absolute atomic E-state index is 0.0750. The van der Waals surface area contributed by atoms with Crippen molar-refractivity contribution in [2.45, 2.75) is 25.9 Å². The lowest BCUT2D eigenvalue weighted by Crippen LogP contribution is -2.21. The molecule has 2 aromatic heterocycles. The van der Waals surface area contributed by atoms with Crippen LogP contribution >= 0.6 is 0 Å². The summed E-state index contributed by atoms with van der Waals surface area (Å²) in [4.78, 5) is 35.5. The van der Waals surface area contributed by atoms with Crippen LogP contribution in [0, 0.1) is 0 Å². The molecule has 32 heavy (non-hydrogen) atoms. The zero-order valence-corrected chi connectivity index (χ0v) is 18.4. The van der Waals surface area contributed by atoms with Crippen molar-refractivity contribution in [1.82, 2.24) is 24.8 Å². The number of fused-ring (bicyclic) bond motifs is 1. The summed E-state index contributed by atoms with van der Waals surface area (Å²) < 4.78 is 16.9. The average Bonchev–Trinajstić information content (AvgIpc) is 3.09. The number of carbonyl (C=O) groups excluding carboxylic acids is 1. The molecule has 0 fully saturated rings. The zero-order chi connectivity index (χ0) is 23.1. The fraction of sp³-hybridized carbons (Fsp3) is 0.429. The number of aromatic nitrogens is 4. The van der Waals surface area contributed by atoms with Crippen LogP contribution in [-0.2, 0) is 20.8 Å². The number of nitrogens with two attached hydrogens (primary N) is 1. The molecule has 0 amide bonds. The largest absolute Gasteiger partial charge is 0.466 e. The molecule has 4 N–H and O–H groups in total. The second-order valence-electron chi connectivity index (χ2n) is 7.04. The van der Waals surface area contributed by atoms with Gasteiger partial charge in [-0.2, -0.15) is 9.97 Å². The molecule has 1 unspecified atom stereocenters. The predicted octanol–water partition coefficient (Wildman–Crippen LogP) is 0.989. The maximum atomic E-state index is 12.5. The van der Waals surface area contributed by atoms with E-state index in [1.165, 1.54) is 4.57 Å². The van der Waals surface area contributed by atoms with Gasteiger partial charge < -0.3 is 30.2 Å². The monoisotopic (exact) mass is 444 g/mol. The lowest BCUT2D eigenvalue weighted by atomic mass is 10.0. The van der Waals surface area contributed by atoms with E-state index in [4.69, 9.17) is 19.9 Å². The Hall–Kier alpha value is -3.44. The smallest absolute Gasteiger partial charge is 0.328 e. The van der Waals surface area contributed by atoms with Gasteiger partial charge in [0.05, 0.1) is 26.2 Å². The third-order valence-electron chi connectivity index (χ3n) is 4.90. The van der Waals surface area contributed by atoms with Gasteiger partial charge >= 0.3 is 17.7 Å². The quantitative estimate of drug-likeness (QED) is 0.291. The summed E-state index contributed by atoms with van der Waals surface area (Å²) in [6.45, 7) is 3.03. The Morgan fingerprint density at radius 3 is 2.66 bits per heavy atom. The number of imidazole rings is 1. The highest BCUT2D eigenvalue weighted by molar-refractivity contribution is 5.82. The molecule has 0 aliphatic rings. The fourth-order valence-electron chi connectivity index (χ4n) is 3.27. The Kier molecular flexibility index (Phi) is 7.79. The molecule has 0 bridgehead atoms. The zero-order valence-electron chi connectivity index (χ0n) is 18.4. The molecule has 0 saturated carbocycles. The molecule has 1 aromatic carbocycles. The molecule has 3 aromatic rings. The summed E-state index contributed by atoms with van der Waals surface area (Å²) in [7, 11) is 3.35. The van der Waals surface area contributed by atoms with E-state index >= 15 is 0 Å². The number of anilines is 1. The number of hydrogen-bond donors (Lipinski definition) is 3. The molecule has 1 atom stereocenters. The highest BCUT2D eigenvalue weighted by Crippen LogP contribution is 2.21. The predicted molar refractivity (Wildman–Crippen MR) is 119 cm³/mol. The molecule has 11 nitrogen and oxygen atoms in total. The maximum absolute atomic E-state index is 12.5. The molecular weight excluding hydrogens is 416 g/mol. The second kappa shape index (κ2) is 10.7. The van der Waals surface area contributed by atoms with Crippen LogP contribution in [0.15, 0.2) is 29.1 Å². The number of methoxy groups -OCH3 is 1. The number of hydrogen-bond acceptors (Lipinski definition) is 9. The molecule has 0 radical (unpaired) electrons. The lowest BCUT2D eigenvalue weighted by Gasteiger charge is -2.16. The summed E-state index contributed by atoms with van der Waals surface area (Å²) in [5.41, 5.74) is 8.15. The van der Waals surface area contributed by atoms with Crippen molar-refractivity contribution in [3.05, 3.63) is 45.9 Å². The van der Waals surface area contributed by atoms with E-state index in [-0.39, 0.29) is 49.1 Å². The van der Waals surface area contributed by atoms with Gasteiger partial charge in [-0.3, -0.25) is 9.36 Å². The summed E-state index contributed by atoms with van der Waals surface area (Å²) in [5, 5.41) is 3.12. The number of nitrogens with one attached hydrogen (secondary N) is 2. The third kappa shape index (κ3) is 5.42. The molecule has 3 rings (SSSR count). The lowest BCUT2D eigenvalue weighted by molar-refractivity contribution is -0.143. The number of aromatic amines is 1. The van der Waals surface area contributed by atoms with Crippen molar-refractivity contribution in [3.63, 3.8) is 0 Å². The van der Waals surface area contributed by atoms with Crippen LogP contribution in [-0.4, -0.2) is 59.5 Å². The number of nitrogens with zero attached hydrogens (tertiary/aromatic N) is 3. The van der Waals surface area contributed by atoms with Crippen molar-refractivity contribution in [3.8, 4) is 6.01 Å². The van der Waals surface area contributed by atoms with Gasteiger partial charge in [-0.05, 0) is 25.1 Å². The van der Waals surface area contributed by atoms with Crippen molar-refractivity contribution in [2.24, 2.45) is 0 Å². The van der Waals surface area contributed by atoms with Crippen molar-refractivity contribution >= 4 is 23.0 Å². The number of rotatable bonds is 11. The molecule has 11 heteroatoms. The van der Waals surface area contributed by atoms with Crippen LogP contribution in [0.2, 0.25) is 0 Å². The Morgan fingerprint density at radius 1 is 1.25 bits per heavy atom. The van der Waals surface area contributed by atoms with Crippen LogP contribution in [0.1, 0.15) is 30.5 Å². The van der Waals surface area contributed by atoms with Crippen molar-refractivity contribution < 1.29 is 19.0 Å². The van der Waals surface area contributed by atoms with Crippen LogP contribution in [0.5, 0.6) is 6.01 Å². The van der Waals surface area contributed by atoms with Crippen molar-refractivity contribution in [2.75, 3.05) is 39.7 Å². The molecule has 0 aliphatic heterocycles. The van der Waals surface area contributed by atoms with Crippen LogP contribution in [0.25, 0.3) is 11.2 Å². The van der Waals surface area contributed by atoms with Crippen LogP contribution < -0.4 is 21.5 Å². The highest BCUT2D eigenvalue weighted by Gasteiger charge is 2.17. The molecule has 172 valence electrons. The highest BCUT2D eigenvalue weighted by atomic mass is 16.5. The van der Waals surface area contributed by atoms with Gasteiger partial charge in [0.1, 0.15) is 12.1 Å². The first-order valence-corrected chi connectivity index (χ1v) is 10.3. The Bertz CT molecular complexity index is 1110. The van der Waals surface area contributed by atoms with Gasteiger partial charge in [-0.1, -0.05) is 24.3 Å². The van der Waals surface area contributed by atoms with E-state index in [0.29, 0.717) is 24.4 Å². The molecule has 0 aliphatic carbocycles. The number of H-pyrrole nitrogens is 1. The Balaban J connectivity index is 1.82. The van der Waals surface area contributed by atoms with Gasteiger partial charge in [-0.15, -0.1) is 0 Å². The van der Waals surface area contributed by atoms with Crippen LogP contribution in [0.4, 0.5) is 5.82 Å². The standard InChI is InChI=1S/C21H28N6O5/c1-4-31-16(28)11-15(23-2)14-7-5-13(6-8-14)12-27-19-17(24-21(27)29)18(22)25-20(26-19)32-10-9-30-3/h5-8,15,23H,4,9-12H2,1-3H3,(H,24,29)(H2,22,25,26). The summed E-state index contributed by atoms with van der Waals surface area (Å²) >= 11 is 0. The number of carbonyl (C=O) groups is 1. The topological polar surface area (TPSA) is 146 Å². The van der Waals surface area contributed by atoms with E-state index in [2.05, 4.69) is 20.3 Å². The first-order valence-electron chi connectivity index (χ1n) is 10.3. The molecular formula is C21H28N6O5. The SMILES string of the molecule is CCOC(=O)CC(NC)c1ccc(Cn2c(=O)[nH]c3c(N)nc(OCCOC)nc32)cc1. The van der Waals surface area contributed by atoms with Gasteiger partial charge in [0.25, 0.3) is 0 Å². The van der Waals surface area contributed by atoms with Crippen molar-refractivity contribution in [1.29, 1.82) is 0 Å². The second-order valence-corrected chi connectivity index (χ2v) is 7.04. The molecule has 0 spiro atoms. The normalized spacial score (nSPS) is 12.1. The number of nitrogen functional groups attached to an aromatic ring is 1. The number of esters is 1. The summed E-state index contributed by atoms with van der Waals surface area (Å²) in [6, 6.07) is 7.54. The first kappa shape index (κ1) is 23.2. The molecule has 2 heterocycles. The van der Waals surface area contributed by atoms with Gasteiger partial charge in [0, 0.05) is 13.2 Å². The minimum Gasteiger partial charge on any atom is -0.466 e. The third-order valence-corrected chi connectivity index (χ3v) is 4.90. The van der Waals surface area contributed by atoms with E-state index < -0.39 is 0 Å².